The fourth-order valence-corrected chi connectivity index (χ4v) is 3.06. The van der Waals surface area contributed by atoms with Gasteiger partial charge in [0.15, 0.2) is 5.82 Å². The van der Waals surface area contributed by atoms with Crippen LogP contribution in [-0.2, 0) is 0 Å². The zero-order valence-corrected chi connectivity index (χ0v) is 12.2. The van der Waals surface area contributed by atoms with Gasteiger partial charge in [0.1, 0.15) is 11.7 Å². The highest BCUT2D eigenvalue weighted by atomic mass is 16.5. The molecule has 1 fully saturated rings. The summed E-state index contributed by atoms with van der Waals surface area (Å²) in [4.78, 5) is 22.1. The number of rotatable bonds is 2. The summed E-state index contributed by atoms with van der Waals surface area (Å²) >= 11 is 0. The lowest BCUT2D eigenvalue weighted by molar-refractivity contribution is 0.0705. The number of amides is 1. The average Bonchev–Trinajstić information content (AvgIpc) is 3.24. The van der Waals surface area contributed by atoms with E-state index in [0.29, 0.717) is 24.0 Å². The van der Waals surface area contributed by atoms with Crippen molar-refractivity contribution in [2.24, 2.45) is 0 Å². The van der Waals surface area contributed by atoms with Crippen LogP contribution in [0.4, 0.5) is 0 Å². The third kappa shape index (κ3) is 2.07. The van der Waals surface area contributed by atoms with E-state index in [-0.39, 0.29) is 11.9 Å². The third-order valence-electron chi connectivity index (χ3n) is 4.10. The maximum absolute atomic E-state index is 12.8. The Hall–Kier alpha value is -2.63. The highest BCUT2D eigenvalue weighted by molar-refractivity contribution is 5.98. The highest BCUT2D eigenvalue weighted by Gasteiger charge is 2.34. The van der Waals surface area contributed by atoms with Crippen molar-refractivity contribution < 1.29 is 9.32 Å². The van der Waals surface area contributed by atoms with Gasteiger partial charge in [-0.25, -0.2) is 0 Å². The minimum atomic E-state index is -0.125. The van der Waals surface area contributed by atoms with Gasteiger partial charge in [-0.1, -0.05) is 23.4 Å². The van der Waals surface area contributed by atoms with Crippen molar-refractivity contribution in [3.05, 3.63) is 47.7 Å². The summed E-state index contributed by atoms with van der Waals surface area (Å²) in [6.07, 6.45) is 1.80. The number of aromatic amines is 1. The molecule has 6 nitrogen and oxygen atoms in total. The van der Waals surface area contributed by atoms with Gasteiger partial charge in [0, 0.05) is 17.4 Å². The summed E-state index contributed by atoms with van der Waals surface area (Å²) in [7, 11) is 0. The van der Waals surface area contributed by atoms with E-state index in [1.165, 1.54) is 0 Å². The molecule has 0 aliphatic carbocycles. The minimum Gasteiger partial charge on any atom is -0.351 e. The lowest BCUT2D eigenvalue weighted by Gasteiger charge is -2.21. The zero-order valence-electron chi connectivity index (χ0n) is 12.2. The highest BCUT2D eigenvalue weighted by Crippen LogP contribution is 2.32. The summed E-state index contributed by atoms with van der Waals surface area (Å²) < 4.78 is 5.26. The van der Waals surface area contributed by atoms with E-state index in [1.54, 1.807) is 6.92 Å². The first-order valence-corrected chi connectivity index (χ1v) is 7.41. The Morgan fingerprint density at radius 3 is 3.05 bits per heavy atom. The molecule has 1 aromatic carbocycles. The first kappa shape index (κ1) is 13.1. The van der Waals surface area contributed by atoms with Crippen molar-refractivity contribution in [3.8, 4) is 0 Å². The second-order valence-corrected chi connectivity index (χ2v) is 5.61. The molecule has 1 aliphatic rings. The van der Waals surface area contributed by atoms with Crippen LogP contribution in [0.3, 0.4) is 0 Å². The second-order valence-electron chi connectivity index (χ2n) is 5.61. The topological polar surface area (TPSA) is 75.0 Å². The number of carbonyl (C=O) groups is 1. The molecule has 1 atom stereocenters. The van der Waals surface area contributed by atoms with Crippen LogP contribution in [-0.4, -0.2) is 32.5 Å². The van der Waals surface area contributed by atoms with Crippen molar-refractivity contribution in [2.45, 2.75) is 25.8 Å². The molecule has 6 heteroatoms. The van der Waals surface area contributed by atoms with E-state index in [1.807, 2.05) is 35.2 Å². The van der Waals surface area contributed by atoms with Crippen LogP contribution in [0.25, 0.3) is 10.9 Å². The number of H-pyrrole nitrogens is 1. The SMILES string of the molecule is Cc1noc(C2CCCN2C(=O)c2cc3ccccc3[nH]2)n1. The van der Waals surface area contributed by atoms with E-state index >= 15 is 0 Å². The molecule has 0 spiro atoms. The zero-order chi connectivity index (χ0) is 15.1. The third-order valence-corrected chi connectivity index (χ3v) is 4.10. The molecule has 3 aromatic rings. The summed E-state index contributed by atoms with van der Waals surface area (Å²) in [5.74, 6) is 1.11. The number of nitrogens with zero attached hydrogens (tertiary/aromatic N) is 3. The predicted octanol–water partition coefficient (Wildman–Crippen LogP) is 2.84. The Kier molecular flexibility index (Phi) is 2.96. The van der Waals surface area contributed by atoms with Crippen LogP contribution >= 0.6 is 0 Å². The number of aromatic nitrogens is 3. The van der Waals surface area contributed by atoms with Crippen LogP contribution in [0.15, 0.2) is 34.9 Å². The number of hydrogen-bond donors (Lipinski definition) is 1. The maximum Gasteiger partial charge on any atom is 0.270 e. The number of nitrogens with one attached hydrogen (secondary N) is 1. The number of fused-ring (bicyclic) bond motifs is 1. The Balaban J connectivity index is 1.66. The van der Waals surface area contributed by atoms with Gasteiger partial charge in [-0.15, -0.1) is 0 Å². The first-order valence-electron chi connectivity index (χ1n) is 7.41. The van der Waals surface area contributed by atoms with E-state index < -0.39 is 0 Å². The van der Waals surface area contributed by atoms with E-state index in [2.05, 4.69) is 15.1 Å². The number of para-hydroxylation sites is 1. The first-order chi connectivity index (χ1) is 10.7. The molecule has 4 rings (SSSR count). The second kappa shape index (κ2) is 4.98. The summed E-state index contributed by atoms with van der Waals surface area (Å²) in [6, 6.07) is 9.64. The molecule has 2 aromatic heterocycles. The molecule has 1 aliphatic heterocycles. The van der Waals surface area contributed by atoms with Gasteiger partial charge >= 0.3 is 0 Å². The number of aryl methyl sites for hydroxylation is 1. The van der Waals surface area contributed by atoms with Crippen LogP contribution in [0.5, 0.6) is 0 Å². The standard InChI is InChI=1S/C16H16N4O2/c1-10-17-15(22-19-10)14-7-4-8-20(14)16(21)13-9-11-5-2-3-6-12(11)18-13/h2-3,5-6,9,14,18H,4,7-8H2,1H3. The van der Waals surface area contributed by atoms with Crippen LogP contribution in [0.2, 0.25) is 0 Å². The van der Waals surface area contributed by atoms with Crippen LogP contribution in [0.1, 0.15) is 41.1 Å². The molecule has 22 heavy (non-hydrogen) atoms. The quantitative estimate of drug-likeness (QED) is 0.789. The minimum absolute atomic E-state index is 0.0189. The predicted molar refractivity (Wildman–Crippen MR) is 80.3 cm³/mol. The number of hydrogen-bond acceptors (Lipinski definition) is 4. The van der Waals surface area contributed by atoms with Gasteiger partial charge < -0.3 is 14.4 Å². The number of benzene rings is 1. The summed E-state index contributed by atoms with van der Waals surface area (Å²) in [5.41, 5.74) is 1.57. The fraction of sp³-hybridized carbons (Fsp3) is 0.312. The van der Waals surface area contributed by atoms with Crippen LogP contribution in [0, 0.1) is 6.92 Å². The van der Waals surface area contributed by atoms with Gasteiger partial charge in [0.25, 0.3) is 5.91 Å². The van der Waals surface area contributed by atoms with E-state index in [0.717, 1.165) is 23.7 Å². The van der Waals surface area contributed by atoms with Crippen molar-refractivity contribution in [2.75, 3.05) is 6.54 Å². The molecule has 0 saturated carbocycles. The lowest BCUT2D eigenvalue weighted by Crippen LogP contribution is -2.31. The summed E-state index contributed by atoms with van der Waals surface area (Å²) in [5, 5.41) is 4.87. The van der Waals surface area contributed by atoms with Gasteiger partial charge in [0.05, 0.1) is 0 Å². The van der Waals surface area contributed by atoms with Crippen molar-refractivity contribution in [1.29, 1.82) is 0 Å². The van der Waals surface area contributed by atoms with Gasteiger partial charge in [-0.05, 0) is 31.9 Å². The van der Waals surface area contributed by atoms with E-state index in [9.17, 15) is 4.79 Å². The smallest absolute Gasteiger partial charge is 0.270 e. The normalized spacial score (nSPS) is 18.2. The fourth-order valence-electron chi connectivity index (χ4n) is 3.06. The molecule has 0 radical (unpaired) electrons. The molecule has 1 N–H and O–H groups in total. The molecular weight excluding hydrogens is 280 g/mol. The Bertz CT molecular complexity index is 802. The largest absolute Gasteiger partial charge is 0.351 e. The molecular formula is C16H16N4O2. The maximum atomic E-state index is 12.8. The van der Waals surface area contributed by atoms with Gasteiger partial charge in [0.2, 0.25) is 5.89 Å². The molecule has 3 heterocycles. The molecule has 1 amide bonds. The van der Waals surface area contributed by atoms with Crippen molar-refractivity contribution in [3.63, 3.8) is 0 Å². The molecule has 112 valence electrons. The average molecular weight is 296 g/mol. The molecule has 1 unspecified atom stereocenters. The number of carbonyl (C=O) groups excluding carboxylic acids is 1. The summed E-state index contributed by atoms with van der Waals surface area (Å²) in [6.45, 7) is 2.49. The van der Waals surface area contributed by atoms with E-state index in [4.69, 9.17) is 4.52 Å². The molecule has 0 bridgehead atoms. The van der Waals surface area contributed by atoms with Gasteiger partial charge in [-0.3, -0.25) is 4.79 Å². The Morgan fingerprint density at radius 1 is 1.41 bits per heavy atom. The number of likely N-dealkylation sites (tertiary alicyclic amines) is 1. The Labute approximate surface area is 127 Å². The van der Waals surface area contributed by atoms with Crippen molar-refractivity contribution in [1.82, 2.24) is 20.0 Å². The van der Waals surface area contributed by atoms with Crippen molar-refractivity contribution >= 4 is 16.8 Å². The molecule has 1 saturated heterocycles. The lowest BCUT2D eigenvalue weighted by atomic mass is 10.2. The monoisotopic (exact) mass is 296 g/mol. The Morgan fingerprint density at radius 2 is 2.27 bits per heavy atom. The van der Waals surface area contributed by atoms with Gasteiger partial charge in [-0.2, -0.15) is 4.98 Å². The van der Waals surface area contributed by atoms with Crippen LogP contribution < -0.4 is 0 Å².